The molecule has 2 unspecified atom stereocenters. The Balaban J connectivity index is 1.65. The lowest BCUT2D eigenvalue weighted by Crippen LogP contribution is -2.36. The van der Waals surface area contributed by atoms with Crippen molar-refractivity contribution in [1.82, 2.24) is 9.80 Å². The Labute approximate surface area is 116 Å². The maximum absolute atomic E-state index is 3.55. The molecule has 3 rings (SSSR count). The highest BCUT2D eigenvalue weighted by molar-refractivity contribution is 9.11. The van der Waals surface area contributed by atoms with Gasteiger partial charge < -0.3 is 0 Å². The largest absolute Gasteiger partial charge is 0.299 e. The quantitative estimate of drug-likeness (QED) is 0.827. The summed E-state index contributed by atoms with van der Waals surface area (Å²) in [5.74, 6) is 0. The van der Waals surface area contributed by atoms with Gasteiger partial charge in [0, 0.05) is 36.6 Å². The summed E-state index contributed by atoms with van der Waals surface area (Å²) in [6.45, 7) is 3.65. The molecule has 4 heteroatoms. The minimum atomic E-state index is 0.797. The average molecular weight is 315 g/mol. The monoisotopic (exact) mass is 314 g/mol. The van der Waals surface area contributed by atoms with Crippen molar-refractivity contribution in [1.29, 1.82) is 0 Å². The van der Waals surface area contributed by atoms with Crippen LogP contribution in [0, 0.1) is 0 Å². The van der Waals surface area contributed by atoms with E-state index in [2.05, 4.69) is 44.9 Å². The van der Waals surface area contributed by atoms with Gasteiger partial charge in [-0.25, -0.2) is 0 Å². The summed E-state index contributed by atoms with van der Waals surface area (Å²) in [5.41, 5.74) is 0. The van der Waals surface area contributed by atoms with Gasteiger partial charge in [0.2, 0.25) is 0 Å². The maximum Gasteiger partial charge on any atom is 0.0701 e. The second-order valence-electron chi connectivity index (χ2n) is 5.28. The van der Waals surface area contributed by atoms with Crippen molar-refractivity contribution in [2.45, 2.75) is 37.9 Å². The predicted octanol–water partition coefficient (Wildman–Crippen LogP) is 3.18. The summed E-state index contributed by atoms with van der Waals surface area (Å²) >= 11 is 5.42. The molecule has 2 aliphatic heterocycles. The molecule has 2 aliphatic rings. The van der Waals surface area contributed by atoms with Gasteiger partial charge in [-0.3, -0.25) is 9.80 Å². The summed E-state index contributed by atoms with van der Waals surface area (Å²) in [5, 5.41) is 0. The van der Waals surface area contributed by atoms with E-state index >= 15 is 0 Å². The normalized spacial score (nSPS) is 30.7. The van der Waals surface area contributed by atoms with Crippen molar-refractivity contribution in [3.05, 3.63) is 20.8 Å². The Bertz CT molecular complexity index is 393. The Morgan fingerprint density at radius 2 is 2.12 bits per heavy atom. The summed E-state index contributed by atoms with van der Waals surface area (Å²) in [6.07, 6.45) is 4.16. The van der Waals surface area contributed by atoms with Gasteiger partial charge in [0.25, 0.3) is 0 Å². The number of likely N-dealkylation sites (N-methyl/N-ethyl adjacent to an activating group) is 1. The third-order valence-electron chi connectivity index (χ3n) is 4.24. The van der Waals surface area contributed by atoms with Crippen molar-refractivity contribution < 1.29 is 0 Å². The van der Waals surface area contributed by atoms with Crippen molar-refractivity contribution in [2.75, 3.05) is 20.1 Å². The zero-order valence-electron chi connectivity index (χ0n) is 10.2. The Hall–Kier alpha value is 0.1000. The summed E-state index contributed by atoms with van der Waals surface area (Å²) < 4.78 is 1.25. The fourth-order valence-electron chi connectivity index (χ4n) is 3.18. The summed E-state index contributed by atoms with van der Waals surface area (Å²) in [7, 11) is 2.31. The van der Waals surface area contributed by atoms with Gasteiger partial charge in [-0.05, 0) is 54.4 Å². The third-order valence-corrected chi connectivity index (χ3v) is 5.85. The predicted molar refractivity (Wildman–Crippen MR) is 76.5 cm³/mol. The number of rotatable bonds is 2. The minimum absolute atomic E-state index is 0.797. The van der Waals surface area contributed by atoms with E-state index in [9.17, 15) is 0 Å². The zero-order valence-corrected chi connectivity index (χ0v) is 12.6. The fourth-order valence-corrected chi connectivity index (χ4v) is 4.71. The van der Waals surface area contributed by atoms with Crippen molar-refractivity contribution in [2.24, 2.45) is 0 Å². The molecule has 2 bridgehead atoms. The Morgan fingerprint density at radius 1 is 1.29 bits per heavy atom. The van der Waals surface area contributed by atoms with E-state index in [4.69, 9.17) is 0 Å². The Kier molecular flexibility index (Phi) is 3.57. The smallest absolute Gasteiger partial charge is 0.0701 e. The highest BCUT2D eigenvalue weighted by Gasteiger charge is 2.34. The molecular formula is C13H19BrN2S. The van der Waals surface area contributed by atoms with Crippen LogP contribution in [0.4, 0.5) is 0 Å². The second kappa shape index (κ2) is 5.00. The van der Waals surface area contributed by atoms with Crippen LogP contribution in [0.15, 0.2) is 15.9 Å². The minimum Gasteiger partial charge on any atom is -0.299 e. The molecule has 2 atom stereocenters. The van der Waals surface area contributed by atoms with Crippen LogP contribution in [0.5, 0.6) is 0 Å². The molecule has 2 nitrogen and oxygen atoms in total. The van der Waals surface area contributed by atoms with E-state index in [1.165, 1.54) is 41.0 Å². The molecule has 0 amide bonds. The highest BCUT2D eigenvalue weighted by Crippen LogP contribution is 2.30. The first-order valence-electron chi connectivity index (χ1n) is 6.41. The van der Waals surface area contributed by atoms with Gasteiger partial charge in [-0.1, -0.05) is 0 Å². The van der Waals surface area contributed by atoms with Crippen LogP contribution in [0.1, 0.15) is 24.1 Å². The second-order valence-corrected chi connectivity index (χ2v) is 7.83. The summed E-state index contributed by atoms with van der Waals surface area (Å²) in [4.78, 5) is 6.74. The lowest BCUT2D eigenvalue weighted by atomic mass is 10.1. The molecule has 94 valence electrons. The van der Waals surface area contributed by atoms with Gasteiger partial charge in [0.15, 0.2) is 0 Å². The van der Waals surface area contributed by atoms with E-state index in [1.54, 1.807) is 0 Å². The average Bonchev–Trinajstić information content (AvgIpc) is 2.77. The summed E-state index contributed by atoms with van der Waals surface area (Å²) in [6, 6.07) is 6.06. The molecule has 0 saturated carbocycles. The molecule has 2 saturated heterocycles. The van der Waals surface area contributed by atoms with E-state index in [0.29, 0.717) is 0 Å². The van der Waals surface area contributed by atoms with Crippen molar-refractivity contribution >= 4 is 27.3 Å². The molecule has 0 radical (unpaired) electrons. The number of nitrogens with zero attached hydrogens (tertiary/aromatic N) is 2. The van der Waals surface area contributed by atoms with Crippen LogP contribution < -0.4 is 0 Å². The first-order valence-corrected chi connectivity index (χ1v) is 8.02. The van der Waals surface area contributed by atoms with E-state index in [0.717, 1.165) is 18.6 Å². The molecule has 2 fully saturated rings. The number of hydrogen-bond acceptors (Lipinski definition) is 3. The molecule has 0 aromatic carbocycles. The van der Waals surface area contributed by atoms with Gasteiger partial charge >= 0.3 is 0 Å². The van der Waals surface area contributed by atoms with Crippen molar-refractivity contribution in [3.63, 3.8) is 0 Å². The Morgan fingerprint density at radius 3 is 2.88 bits per heavy atom. The molecule has 17 heavy (non-hydrogen) atoms. The molecule has 0 N–H and O–H groups in total. The molecule has 1 aromatic rings. The lowest BCUT2D eigenvalue weighted by molar-refractivity contribution is 0.215. The van der Waals surface area contributed by atoms with Crippen LogP contribution in [0.3, 0.4) is 0 Å². The molecule has 3 heterocycles. The van der Waals surface area contributed by atoms with E-state index in [1.807, 2.05) is 11.3 Å². The number of thiophene rings is 1. The van der Waals surface area contributed by atoms with Crippen LogP contribution >= 0.6 is 27.3 Å². The van der Waals surface area contributed by atoms with Crippen LogP contribution in [0.25, 0.3) is 0 Å². The molecule has 0 aliphatic carbocycles. The van der Waals surface area contributed by atoms with Gasteiger partial charge in [0.05, 0.1) is 3.79 Å². The fraction of sp³-hybridized carbons (Fsp3) is 0.692. The lowest BCUT2D eigenvalue weighted by Gasteiger charge is -2.25. The van der Waals surface area contributed by atoms with Gasteiger partial charge in [0.1, 0.15) is 0 Å². The van der Waals surface area contributed by atoms with Gasteiger partial charge in [-0.2, -0.15) is 0 Å². The standard InChI is InChI=1S/C13H19BrN2S/c1-15-10-2-3-11(15)8-16(7-6-10)9-12-4-5-13(14)17-12/h4-5,10-11H,2-3,6-9H2,1H3. The SMILES string of the molecule is CN1C2CCC1CN(Cc1ccc(Br)s1)CC2. The number of hydrogen-bond donors (Lipinski definition) is 0. The first kappa shape index (κ1) is 12.2. The molecular weight excluding hydrogens is 296 g/mol. The van der Waals surface area contributed by atoms with Crippen LogP contribution in [0.2, 0.25) is 0 Å². The van der Waals surface area contributed by atoms with E-state index in [-0.39, 0.29) is 0 Å². The third kappa shape index (κ3) is 2.60. The van der Waals surface area contributed by atoms with Crippen molar-refractivity contribution in [3.8, 4) is 0 Å². The molecule has 0 spiro atoms. The van der Waals surface area contributed by atoms with Crippen LogP contribution in [-0.2, 0) is 6.54 Å². The topological polar surface area (TPSA) is 6.48 Å². The molecule has 1 aromatic heterocycles. The highest BCUT2D eigenvalue weighted by atomic mass is 79.9. The zero-order chi connectivity index (χ0) is 11.8. The van der Waals surface area contributed by atoms with Gasteiger partial charge in [-0.15, -0.1) is 11.3 Å². The first-order chi connectivity index (χ1) is 8.22. The number of likely N-dealkylation sites (tertiary alicyclic amines) is 1. The van der Waals surface area contributed by atoms with E-state index < -0.39 is 0 Å². The van der Waals surface area contributed by atoms with Crippen LogP contribution in [-0.4, -0.2) is 42.0 Å². The maximum atomic E-state index is 3.55. The number of halogens is 1. The number of fused-ring (bicyclic) bond motifs is 2.